The van der Waals surface area contributed by atoms with Crippen molar-refractivity contribution in [1.29, 1.82) is 0 Å². The topological polar surface area (TPSA) is 42.1 Å². The Morgan fingerprint density at radius 3 is 2.79 bits per heavy atom. The van der Waals surface area contributed by atoms with Crippen LogP contribution >= 0.6 is 11.3 Å². The molecular weight excluding hydrogens is 254 g/mol. The standard InChI is InChI=1S/C15H21N3S/c1-3-7-18(10-15-17-12(2)11-19-15)9-13-5-4-6-14(16)8-13/h4-6,8,11H,3,7,9-10,16H2,1-2H3. The van der Waals surface area contributed by atoms with Crippen LogP contribution in [0.15, 0.2) is 29.6 Å². The molecule has 2 aromatic rings. The summed E-state index contributed by atoms with van der Waals surface area (Å²) >= 11 is 1.74. The van der Waals surface area contributed by atoms with Crippen LogP contribution in [0.1, 0.15) is 29.6 Å². The maximum atomic E-state index is 5.84. The quantitative estimate of drug-likeness (QED) is 0.821. The summed E-state index contributed by atoms with van der Waals surface area (Å²) in [5.41, 5.74) is 9.04. The van der Waals surface area contributed by atoms with Crippen molar-refractivity contribution in [1.82, 2.24) is 9.88 Å². The average molecular weight is 275 g/mol. The molecule has 102 valence electrons. The van der Waals surface area contributed by atoms with Gasteiger partial charge in [-0.05, 0) is 37.6 Å². The minimum atomic E-state index is 0.832. The van der Waals surface area contributed by atoms with Gasteiger partial charge in [-0.2, -0.15) is 0 Å². The normalized spacial score (nSPS) is 11.1. The Morgan fingerprint density at radius 2 is 2.16 bits per heavy atom. The van der Waals surface area contributed by atoms with E-state index >= 15 is 0 Å². The third-order valence-corrected chi connectivity index (χ3v) is 3.87. The molecule has 2 N–H and O–H groups in total. The van der Waals surface area contributed by atoms with E-state index in [4.69, 9.17) is 5.73 Å². The third-order valence-electron chi connectivity index (χ3n) is 2.92. The Labute approximate surface area is 119 Å². The number of anilines is 1. The van der Waals surface area contributed by atoms with E-state index in [9.17, 15) is 0 Å². The van der Waals surface area contributed by atoms with Crippen LogP contribution in [0.2, 0.25) is 0 Å². The number of rotatable bonds is 6. The maximum Gasteiger partial charge on any atom is 0.107 e. The maximum absolute atomic E-state index is 5.84. The van der Waals surface area contributed by atoms with Gasteiger partial charge < -0.3 is 5.73 Å². The number of hydrogen-bond acceptors (Lipinski definition) is 4. The first-order valence-electron chi connectivity index (χ1n) is 6.65. The second-order valence-electron chi connectivity index (χ2n) is 4.84. The summed E-state index contributed by atoms with van der Waals surface area (Å²) < 4.78 is 0. The summed E-state index contributed by atoms with van der Waals surface area (Å²) in [6.07, 6.45) is 1.15. The molecule has 0 unspecified atom stereocenters. The van der Waals surface area contributed by atoms with Crippen LogP contribution in [-0.4, -0.2) is 16.4 Å². The van der Waals surface area contributed by atoms with Crippen LogP contribution in [0.25, 0.3) is 0 Å². The van der Waals surface area contributed by atoms with Crippen molar-refractivity contribution < 1.29 is 0 Å². The summed E-state index contributed by atoms with van der Waals surface area (Å²) in [6, 6.07) is 8.13. The number of nitrogens with zero attached hydrogens (tertiary/aromatic N) is 2. The van der Waals surface area contributed by atoms with Crippen molar-refractivity contribution in [3.05, 3.63) is 45.9 Å². The lowest BCUT2D eigenvalue weighted by Gasteiger charge is -2.20. The summed E-state index contributed by atoms with van der Waals surface area (Å²) in [5, 5.41) is 3.30. The van der Waals surface area contributed by atoms with Gasteiger partial charge >= 0.3 is 0 Å². The SMILES string of the molecule is CCCN(Cc1cccc(N)c1)Cc1nc(C)cs1. The molecule has 2 rings (SSSR count). The van der Waals surface area contributed by atoms with E-state index in [-0.39, 0.29) is 0 Å². The average Bonchev–Trinajstić information content (AvgIpc) is 2.75. The molecule has 19 heavy (non-hydrogen) atoms. The molecule has 0 bridgehead atoms. The van der Waals surface area contributed by atoms with E-state index in [2.05, 4.69) is 34.3 Å². The van der Waals surface area contributed by atoms with E-state index in [1.54, 1.807) is 11.3 Å². The summed E-state index contributed by atoms with van der Waals surface area (Å²) in [4.78, 5) is 6.97. The molecule has 1 heterocycles. The molecule has 0 saturated carbocycles. The van der Waals surface area contributed by atoms with E-state index in [0.717, 1.165) is 37.4 Å². The number of aryl methyl sites for hydroxylation is 1. The van der Waals surface area contributed by atoms with Gasteiger partial charge in [0.2, 0.25) is 0 Å². The summed E-state index contributed by atoms with van der Waals surface area (Å²) in [6.45, 7) is 7.17. The molecule has 0 amide bonds. The zero-order valence-corrected chi connectivity index (χ0v) is 12.4. The van der Waals surface area contributed by atoms with Crippen LogP contribution in [0.3, 0.4) is 0 Å². The Bertz CT molecular complexity index is 522. The molecule has 0 radical (unpaired) electrons. The molecule has 0 spiro atoms. The number of thiazole rings is 1. The number of nitrogens with two attached hydrogens (primary N) is 1. The van der Waals surface area contributed by atoms with Crippen LogP contribution in [0.4, 0.5) is 5.69 Å². The Kier molecular flexibility index (Phi) is 4.93. The van der Waals surface area contributed by atoms with Gasteiger partial charge in [0.25, 0.3) is 0 Å². The lowest BCUT2D eigenvalue weighted by atomic mass is 10.2. The highest BCUT2D eigenvalue weighted by Gasteiger charge is 2.08. The second-order valence-corrected chi connectivity index (χ2v) is 5.78. The predicted molar refractivity (Wildman–Crippen MR) is 82.1 cm³/mol. The fourth-order valence-electron chi connectivity index (χ4n) is 2.15. The third kappa shape index (κ3) is 4.33. The van der Waals surface area contributed by atoms with E-state index in [1.165, 1.54) is 10.6 Å². The molecule has 0 aliphatic heterocycles. The van der Waals surface area contributed by atoms with Crippen molar-refractivity contribution in [3.63, 3.8) is 0 Å². The van der Waals surface area contributed by atoms with Crippen molar-refractivity contribution in [3.8, 4) is 0 Å². The molecule has 0 saturated heterocycles. The summed E-state index contributed by atoms with van der Waals surface area (Å²) in [7, 11) is 0. The summed E-state index contributed by atoms with van der Waals surface area (Å²) in [5.74, 6) is 0. The molecule has 4 heteroatoms. The fraction of sp³-hybridized carbons (Fsp3) is 0.400. The van der Waals surface area contributed by atoms with Crippen LogP contribution in [0.5, 0.6) is 0 Å². The number of nitrogen functional groups attached to an aromatic ring is 1. The van der Waals surface area contributed by atoms with Gasteiger partial charge in [0.1, 0.15) is 5.01 Å². The number of benzene rings is 1. The molecule has 3 nitrogen and oxygen atoms in total. The van der Waals surface area contributed by atoms with E-state index < -0.39 is 0 Å². The minimum Gasteiger partial charge on any atom is -0.399 e. The zero-order chi connectivity index (χ0) is 13.7. The molecule has 0 fully saturated rings. The van der Waals surface area contributed by atoms with Crippen molar-refractivity contribution in [2.75, 3.05) is 12.3 Å². The fourth-order valence-corrected chi connectivity index (χ4v) is 2.96. The smallest absolute Gasteiger partial charge is 0.107 e. The first-order valence-corrected chi connectivity index (χ1v) is 7.53. The van der Waals surface area contributed by atoms with Crippen molar-refractivity contribution >= 4 is 17.0 Å². The zero-order valence-electron chi connectivity index (χ0n) is 11.6. The predicted octanol–water partition coefficient (Wildman–Crippen LogP) is 3.45. The van der Waals surface area contributed by atoms with Crippen molar-refractivity contribution in [2.24, 2.45) is 0 Å². The minimum absolute atomic E-state index is 0.832. The van der Waals surface area contributed by atoms with Crippen LogP contribution < -0.4 is 5.73 Å². The Hall–Kier alpha value is -1.39. The molecule has 1 aromatic carbocycles. The van der Waals surface area contributed by atoms with Gasteiger partial charge in [-0.3, -0.25) is 4.90 Å². The lowest BCUT2D eigenvalue weighted by Crippen LogP contribution is -2.23. The second kappa shape index (κ2) is 6.68. The first kappa shape index (κ1) is 14.0. The Morgan fingerprint density at radius 1 is 1.32 bits per heavy atom. The highest BCUT2D eigenvalue weighted by atomic mass is 32.1. The highest BCUT2D eigenvalue weighted by Crippen LogP contribution is 2.15. The monoisotopic (exact) mass is 275 g/mol. The van der Waals surface area contributed by atoms with Gasteiger partial charge in [-0.25, -0.2) is 4.98 Å². The molecule has 0 atom stereocenters. The van der Waals surface area contributed by atoms with Gasteiger partial charge in [0.15, 0.2) is 0 Å². The van der Waals surface area contributed by atoms with Crippen molar-refractivity contribution in [2.45, 2.75) is 33.4 Å². The van der Waals surface area contributed by atoms with Gasteiger partial charge in [0, 0.05) is 23.3 Å². The molecule has 0 aliphatic rings. The molecule has 1 aromatic heterocycles. The van der Waals surface area contributed by atoms with Gasteiger partial charge in [-0.1, -0.05) is 19.1 Å². The molecular formula is C15H21N3S. The number of hydrogen-bond donors (Lipinski definition) is 1. The van der Waals surface area contributed by atoms with E-state index in [0.29, 0.717) is 0 Å². The van der Waals surface area contributed by atoms with Crippen LogP contribution in [-0.2, 0) is 13.1 Å². The largest absolute Gasteiger partial charge is 0.399 e. The van der Waals surface area contributed by atoms with Crippen LogP contribution in [0, 0.1) is 6.92 Å². The molecule has 0 aliphatic carbocycles. The highest BCUT2D eigenvalue weighted by molar-refractivity contribution is 7.09. The van der Waals surface area contributed by atoms with Gasteiger partial charge in [0.05, 0.1) is 6.54 Å². The number of aromatic nitrogens is 1. The lowest BCUT2D eigenvalue weighted by molar-refractivity contribution is 0.257. The van der Waals surface area contributed by atoms with Gasteiger partial charge in [-0.15, -0.1) is 11.3 Å². The Balaban J connectivity index is 2.03. The first-order chi connectivity index (χ1) is 9.17. The van der Waals surface area contributed by atoms with E-state index in [1.807, 2.05) is 19.1 Å².